The second kappa shape index (κ2) is 11.3. The predicted octanol–water partition coefficient (Wildman–Crippen LogP) is 3.37. The Morgan fingerprint density at radius 2 is 1.35 bits per heavy atom. The fourth-order valence-electron chi connectivity index (χ4n) is 5.22. The lowest BCUT2D eigenvalue weighted by molar-refractivity contribution is -0.143. The van der Waals surface area contributed by atoms with E-state index in [9.17, 15) is 14.4 Å². The molecule has 3 aromatic carbocycles. The smallest absolute Gasteiger partial charge is 0.249 e. The molecule has 192 valence electrons. The van der Waals surface area contributed by atoms with Crippen LogP contribution < -0.4 is 15.2 Å². The van der Waals surface area contributed by atoms with Gasteiger partial charge in [0.1, 0.15) is 24.1 Å². The lowest BCUT2D eigenvalue weighted by Gasteiger charge is -2.30. The molecule has 4 rings (SSSR count). The topological polar surface area (TPSA) is 108 Å². The highest BCUT2D eigenvalue weighted by molar-refractivity contribution is 6.02. The molecule has 1 aliphatic heterocycles. The Hall–Kier alpha value is -4.17. The first kappa shape index (κ1) is 25.9. The first-order chi connectivity index (χ1) is 17.9. The molecule has 0 spiro atoms. The van der Waals surface area contributed by atoms with Crippen molar-refractivity contribution < 1.29 is 28.6 Å². The third-order valence-electron chi connectivity index (χ3n) is 6.83. The van der Waals surface area contributed by atoms with Crippen LogP contribution >= 0.6 is 0 Å². The van der Waals surface area contributed by atoms with Gasteiger partial charge in [0.05, 0.1) is 26.2 Å². The number of hydrogen-bond acceptors (Lipinski definition) is 6. The Kier molecular flexibility index (Phi) is 7.89. The van der Waals surface area contributed by atoms with Crippen LogP contribution in [0.4, 0.5) is 0 Å². The molecular formula is C29H30N2O6. The molecule has 1 aliphatic rings. The van der Waals surface area contributed by atoms with E-state index in [4.69, 9.17) is 19.9 Å². The Morgan fingerprint density at radius 1 is 0.784 bits per heavy atom. The zero-order valence-electron chi connectivity index (χ0n) is 21.0. The summed E-state index contributed by atoms with van der Waals surface area (Å²) in [4.78, 5) is 42.2. The maximum absolute atomic E-state index is 14.2. The van der Waals surface area contributed by atoms with Gasteiger partial charge in [0.15, 0.2) is 5.78 Å². The van der Waals surface area contributed by atoms with Crippen molar-refractivity contribution in [3.8, 4) is 11.5 Å². The van der Waals surface area contributed by atoms with Gasteiger partial charge in [-0.15, -0.1) is 0 Å². The molecule has 3 aromatic rings. The third-order valence-corrected chi connectivity index (χ3v) is 6.83. The number of Topliss-reactive ketones (excluding diaryl/α,β-unsaturated/α-hetero) is 1. The van der Waals surface area contributed by atoms with Gasteiger partial charge < -0.3 is 24.8 Å². The zero-order chi connectivity index (χ0) is 26.5. The van der Waals surface area contributed by atoms with E-state index in [-0.39, 0.29) is 12.4 Å². The highest BCUT2D eigenvalue weighted by Gasteiger charge is 2.56. The molecule has 0 aliphatic carbocycles. The summed E-state index contributed by atoms with van der Waals surface area (Å²) in [6, 6.07) is 21.3. The van der Waals surface area contributed by atoms with Crippen LogP contribution in [0.2, 0.25) is 0 Å². The molecule has 0 saturated carbocycles. The second-order valence-electron chi connectivity index (χ2n) is 8.85. The largest absolute Gasteiger partial charge is 0.497 e. The summed E-state index contributed by atoms with van der Waals surface area (Å²) in [7, 11) is 4.52. The second-order valence-corrected chi connectivity index (χ2v) is 8.85. The molecule has 4 unspecified atom stereocenters. The van der Waals surface area contributed by atoms with Crippen LogP contribution in [0.3, 0.4) is 0 Å². The first-order valence-corrected chi connectivity index (χ1v) is 11.9. The number of benzene rings is 3. The number of nitrogens with zero attached hydrogens (tertiary/aromatic N) is 1. The Bertz CT molecular complexity index is 1240. The van der Waals surface area contributed by atoms with Gasteiger partial charge in [0.25, 0.3) is 0 Å². The number of likely N-dealkylation sites (tertiary alicyclic amines) is 1. The van der Waals surface area contributed by atoms with Crippen molar-refractivity contribution >= 4 is 17.6 Å². The average Bonchev–Trinajstić information content (AvgIpc) is 3.30. The molecule has 1 fully saturated rings. The quantitative estimate of drug-likeness (QED) is 0.450. The maximum Gasteiger partial charge on any atom is 0.249 e. The van der Waals surface area contributed by atoms with Crippen molar-refractivity contribution in [3.05, 3.63) is 95.6 Å². The van der Waals surface area contributed by atoms with Gasteiger partial charge in [-0.2, -0.15) is 0 Å². The molecule has 1 heterocycles. The van der Waals surface area contributed by atoms with Crippen LogP contribution in [0.25, 0.3) is 0 Å². The molecular weight excluding hydrogens is 472 g/mol. The third kappa shape index (κ3) is 5.06. The minimum atomic E-state index is -1.07. The van der Waals surface area contributed by atoms with E-state index >= 15 is 0 Å². The molecule has 2 N–H and O–H groups in total. The number of amides is 2. The minimum absolute atomic E-state index is 0.212. The van der Waals surface area contributed by atoms with Crippen LogP contribution in [0.5, 0.6) is 11.5 Å². The van der Waals surface area contributed by atoms with E-state index in [2.05, 4.69) is 0 Å². The highest BCUT2D eigenvalue weighted by Crippen LogP contribution is 2.51. The van der Waals surface area contributed by atoms with E-state index in [1.165, 1.54) is 12.0 Å². The number of rotatable bonds is 9. The van der Waals surface area contributed by atoms with Crippen molar-refractivity contribution in [2.45, 2.75) is 18.0 Å². The van der Waals surface area contributed by atoms with Gasteiger partial charge >= 0.3 is 0 Å². The van der Waals surface area contributed by atoms with Gasteiger partial charge in [-0.1, -0.05) is 42.5 Å². The van der Waals surface area contributed by atoms with Crippen LogP contribution in [-0.4, -0.2) is 56.5 Å². The zero-order valence-corrected chi connectivity index (χ0v) is 21.0. The van der Waals surface area contributed by atoms with Crippen molar-refractivity contribution in [1.82, 2.24) is 4.90 Å². The molecule has 2 amide bonds. The van der Waals surface area contributed by atoms with Crippen LogP contribution in [0.1, 0.15) is 33.4 Å². The average molecular weight is 503 g/mol. The van der Waals surface area contributed by atoms with Crippen molar-refractivity contribution in [2.75, 3.05) is 27.9 Å². The van der Waals surface area contributed by atoms with Crippen LogP contribution in [-0.2, 0) is 14.3 Å². The first-order valence-electron chi connectivity index (χ1n) is 11.9. The SMILES string of the molecule is COCC(=O)N1C(C(N)=O)C(c2ccccc2)C(C(=O)c2ccc(OC)cc2)C1c1ccc(OC)cc1. The summed E-state index contributed by atoms with van der Waals surface area (Å²) in [6.45, 7) is -0.263. The molecule has 0 aromatic heterocycles. The number of methoxy groups -OCH3 is 3. The number of ketones is 1. The number of carbonyl (C=O) groups is 3. The van der Waals surface area contributed by atoms with Gasteiger partial charge in [0, 0.05) is 18.6 Å². The van der Waals surface area contributed by atoms with E-state index in [0.717, 1.165) is 5.56 Å². The summed E-state index contributed by atoms with van der Waals surface area (Å²) in [5.74, 6) is -1.58. The number of nitrogens with two attached hydrogens (primary N) is 1. The Morgan fingerprint density at radius 3 is 1.86 bits per heavy atom. The standard InChI is InChI=1S/C29H30N2O6/c1-35-17-23(32)31-26(19-9-13-21(36-2)14-10-19)25(28(33)20-11-15-22(37-3)16-12-20)24(27(31)29(30)34)18-7-5-4-6-8-18/h4-16,24-27H,17H2,1-3H3,(H2,30,34). The van der Waals surface area contributed by atoms with E-state index in [1.807, 2.05) is 30.3 Å². The van der Waals surface area contributed by atoms with Crippen molar-refractivity contribution in [3.63, 3.8) is 0 Å². The van der Waals surface area contributed by atoms with Crippen LogP contribution in [0, 0.1) is 5.92 Å². The van der Waals surface area contributed by atoms with Gasteiger partial charge in [-0.25, -0.2) is 0 Å². The minimum Gasteiger partial charge on any atom is -0.497 e. The maximum atomic E-state index is 14.2. The lowest BCUT2D eigenvalue weighted by Crippen LogP contribution is -2.47. The number of carbonyl (C=O) groups excluding carboxylic acids is 3. The number of hydrogen-bond donors (Lipinski definition) is 1. The Labute approximate surface area is 215 Å². The molecule has 4 atom stereocenters. The normalized spacial score (nSPS) is 20.9. The van der Waals surface area contributed by atoms with E-state index in [1.54, 1.807) is 62.8 Å². The van der Waals surface area contributed by atoms with E-state index < -0.39 is 35.7 Å². The fourth-order valence-corrected chi connectivity index (χ4v) is 5.22. The highest BCUT2D eigenvalue weighted by atomic mass is 16.5. The number of ether oxygens (including phenoxy) is 3. The monoisotopic (exact) mass is 502 g/mol. The van der Waals surface area contributed by atoms with Gasteiger partial charge in [-0.05, 0) is 47.5 Å². The van der Waals surface area contributed by atoms with Crippen molar-refractivity contribution in [1.29, 1.82) is 0 Å². The summed E-state index contributed by atoms with van der Waals surface area (Å²) >= 11 is 0. The molecule has 37 heavy (non-hydrogen) atoms. The summed E-state index contributed by atoms with van der Waals surface area (Å²) in [5.41, 5.74) is 7.82. The molecule has 8 nitrogen and oxygen atoms in total. The molecule has 0 bridgehead atoms. The summed E-state index contributed by atoms with van der Waals surface area (Å²) in [6.07, 6.45) is 0. The predicted molar refractivity (Wildman–Crippen MR) is 137 cm³/mol. The molecule has 0 radical (unpaired) electrons. The lowest BCUT2D eigenvalue weighted by atomic mass is 9.76. The molecule has 8 heteroatoms. The fraction of sp³-hybridized carbons (Fsp3) is 0.276. The van der Waals surface area contributed by atoms with Gasteiger partial charge in [0.2, 0.25) is 11.8 Å². The molecule has 1 saturated heterocycles. The summed E-state index contributed by atoms with van der Waals surface area (Å²) in [5, 5.41) is 0. The van der Waals surface area contributed by atoms with Crippen LogP contribution in [0.15, 0.2) is 78.9 Å². The number of primary amides is 1. The summed E-state index contributed by atoms with van der Waals surface area (Å²) < 4.78 is 15.7. The van der Waals surface area contributed by atoms with Gasteiger partial charge in [-0.3, -0.25) is 14.4 Å². The van der Waals surface area contributed by atoms with E-state index in [0.29, 0.717) is 22.6 Å². The van der Waals surface area contributed by atoms with Crippen molar-refractivity contribution in [2.24, 2.45) is 11.7 Å². The Balaban J connectivity index is 1.95.